The van der Waals surface area contributed by atoms with Crippen LogP contribution in [0.4, 0.5) is 0 Å². The zero-order valence-corrected chi connectivity index (χ0v) is 19.2. The van der Waals surface area contributed by atoms with Crippen molar-refractivity contribution in [3.63, 3.8) is 0 Å². The summed E-state index contributed by atoms with van der Waals surface area (Å²) in [6.45, 7) is 11.5. The molecule has 0 aliphatic carbocycles. The smallest absolute Gasteiger partial charge is 0.337 e. The maximum Gasteiger partial charge on any atom is 0.337 e. The SMILES string of the molecule is COC(=O)c1ccc(Cc2c(C)n(CCN3C[C@H](C)C[C@H](C)C3)c3ccccc23)cc1. The summed E-state index contributed by atoms with van der Waals surface area (Å²) >= 11 is 0. The number of hydrogen-bond donors (Lipinski definition) is 0. The zero-order valence-electron chi connectivity index (χ0n) is 19.2. The van der Waals surface area contributed by atoms with Crippen molar-refractivity contribution in [1.82, 2.24) is 9.47 Å². The molecule has 0 bridgehead atoms. The number of nitrogens with zero attached hydrogens (tertiary/aromatic N) is 2. The van der Waals surface area contributed by atoms with E-state index in [0.717, 1.165) is 31.3 Å². The van der Waals surface area contributed by atoms with Gasteiger partial charge in [0.15, 0.2) is 0 Å². The Morgan fingerprint density at radius 2 is 1.68 bits per heavy atom. The number of esters is 1. The van der Waals surface area contributed by atoms with Crippen LogP contribution in [0.3, 0.4) is 0 Å². The van der Waals surface area contributed by atoms with Gasteiger partial charge < -0.3 is 14.2 Å². The lowest BCUT2D eigenvalue weighted by Gasteiger charge is -2.35. The largest absolute Gasteiger partial charge is 0.465 e. The molecule has 2 atom stereocenters. The number of likely N-dealkylation sites (tertiary alicyclic amines) is 1. The van der Waals surface area contributed by atoms with Crippen molar-refractivity contribution in [2.75, 3.05) is 26.7 Å². The van der Waals surface area contributed by atoms with E-state index in [-0.39, 0.29) is 5.97 Å². The average molecular weight is 419 g/mol. The Kier molecular flexibility index (Phi) is 6.47. The fourth-order valence-electron chi connectivity index (χ4n) is 5.31. The molecule has 1 aliphatic heterocycles. The van der Waals surface area contributed by atoms with Gasteiger partial charge in [0.25, 0.3) is 0 Å². The molecule has 0 unspecified atom stereocenters. The Bertz CT molecular complexity index is 1040. The van der Waals surface area contributed by atoms with Gasteiger partial charge in [0.05, 0.1) is 12.7 Å². The van der Waals surface area contributed by atoms with Crippen LogP contribution in [0.15, 0.2) is 48.5 Å². The third-order valence-electron chi connectivity index (χ3n) is 6.70. The van der Waals surface area contributed by atoms with E-state index >= 15 is 0 Å². The normalized spacial score (nSPS) is 19.6. The van der Waals surface area contributed by atoms with E-state index in [0.29, 0.717) is 5.56 Å². The van der Waals surface area contributed by atoms with Crippen LogP contribution in [-0.2, 0) is 17.7 Å². The number of carbonyl (C=O) groups is 1. The second kappa shape index (κ2) is 9.27. The predicted molar refractivity (Wildman–Crippen MR) is 127 cm³/mol. The highest BCUT2D eigenvalue weighted by molar-refractivity contribution is 5.89. The lowest BCUT2D eigenvalue weighted by atomic mass is 9.92. The van der Waals surface area contributed by atoms with Crippen LogP contribution < -0.4 is 0 Å². The number of ether oxygens (including phenoxy) is 1. The molecule has 1 saturated heterocycles. The van der Waals surface area contributed by atoms with Gasteiger partial charge in [-0.1, -0.05) is 44.2 Å². The first-order chi connectivity index (χ1) is 15.0. The molecule has 0 saturated carbocycles. The van der Waals surface area contributed by atoms with Crippen molar-refractivity contribution in [2.45, 2.75) is 40.2 Å². The number of piperidine rings is 1. The molecule has 31 heavy (non-hydrogen) atoms. The maximum atomic E-state index is 11.7. The van der Waals surface area contributed by atoms with Gasteiger partial charge in [0, 0.05) is 42.8 Å². The Labute approximate surface area is 185 Å². The molecule has 0 spiro atoms. The van der Waals surface area contributed by atoms with E-state index in [1.807, 2.05) is 24.3 Å². The van der Waals surface area contributed by atoms with Crippen LogP contribution in [0, 0.1) is 18.8 Å². The van der Waals surface area contributed by atoms with E-state index in [2.05, 4.69) is 54.5 Å². The maximum absolute atomic E-state index is 11.7. The number of hydrogen-bond acceptors (Lipinski definition) is 3. The van der Waals surface area contributed by atoms with E-state index in [9.17, 15) is 4.79 Å². The zero-order chi connectivity index (χ0) is 22.0. The Morgan fingerprint density at radius 3 is 2.35 bits per heavy atom. The molecule has 0 amide bonds. The van der Waals surface area contributed by atoms with Crippen LogP contribution in [0.2, 0.25) is 0 Å². The number of rotatable bonds is 6. The van der Waals surface area contributed by atoms with Crippen molar-refractivity contribution in [3.8, 4) is 0 Å². The molecule has 0 radical (unpaired) electrons. The van der Waals surface area contributed by atoms with Crippen molar-refractivity contribution in [1.29, 1.82) is 0 Å². The Hall–Kier alpha value is -2.59. The first-order valence-electron chi connectivity index (χ1n) is 11.4. The van der Waals surface area contributed by atoms with Crippen molar-refractivity contribution >= 4 is 16.9 Å². The minimum absolute atomic E-state index is 0.291. The van der Waals surface area contributed by atoms with Gasteiger partial charge in [0.1, 0.15) is 0 Å². The number of benzene rings is 2. The molecule has 2 aromatic carbocycles. The monoisotopic (exact) mass is 418 g/mol. The van der Waals surface area contributed by atoms with Gasteiger partial charge in [-0.05, 0) is 60.9 Å². The van der Waals surface area contributed by atoms with Gasteiger partial charge in [-0.15, -0.1) is 0 Å². The van der Waals surface area contributed by atoms with E-state index in [1.165, 1.54) is 54.3 Å². The molecule has 4 nitrogen and oxygen atoms in total. The average Bonchev–Trinajstić information content (AvgIpc) is 3.02. The Balaban J connectivity index is 1.57. The lowest BCUT2D eigenvalue weighted by Crippen LogP contribution is -2.40. The van der Waals surface area contributed by atoms with Gasteiger partial charge in [0.2, 0.25) is 0 Å². The third-order valence-corrected chi connectivity index (χ3v) is 6.70. The first-order valence-corrected chi connectivity index (χ1v) is 11.4. The van der Waals surface area contributed by atoms with Crippen LogP contribution in [-0.4, -0.2) is 42.2 Å². The number of carbonyl (C=O) groups excluding carboxylic acids is 1. The topological polar surface area (TPSA) is 34.5 Å². The third kappa shape index (κ3) is 4.69. The highest BCUT2D eigenvalue weighted by atomic mass is 16.5. The minimum atomic E-state index is -0.291. The van der Waals surface area contributed by atoms with Crippen molar-refractivity contribution in [2.24, 2.45) is 11.8 Å². The van der Waals surface area contributed by atoms with Crippen molar-refractivity contribution in [3.05, 3.63) is 70.9 Å². The van der Waals surface area contributed by atoms with Crippen LogP contribution in [0.5, 0.6) is 0 Å². The molecule has 3 aromatic rings. The second-order valence-corrected chi connectivity index (χ2v) is 9.30. The second-order valence-electron chi connectivity index (χ2n) is 9.30. The molecule has 2 heterocycles. The minimum Gasteiger partial charge on any atom is -0.465 e. The summed E-state index contributed by atoms with van der Waals surface area (Å²) in [6.07, 6.45) is 2.21. The number of para-hydroxylation sites is 1. The fraction of sp³-hybridized carbons (Fsp3) is 0.444. The molecule has 0 N–H and O–H groups in total. The summed E-state index contributed by atoms with van der Waals surface area (Å²) in [7, 11) is 1.42. The lowest BCUT2D eigenvalue weighted by molar-refractivity contribution is 0.0600. The van der Waals surface area contributed by atoms with E-state index < -0.39 is 0 Å². The van der Waals surface area contributed by atoms with Gasteiger partial charge in [-0.25, -0.2) is 4.79 Å². The Morgan fingerprint density at radius 1 is 1.00 bits per heavy atom. The quantitative estimate of drug-likeness (QED) is 0.509. The summed E-state index contributed by atoms with van der Waals surface area (Å²) in [5, 5.41) is 1.33. The molecule has 164 valence electrons. The van der Waals surface area contributed by atoms with E-state index in [1.54, 1.807) is 0 Å². The molecule has 4 rings (SSSR count). The van der Waals surface area contributed by atoms with Crippen molar-refractivity contribution < 1.29 is 9.53 Å². The highest BCUT2D eigenvalue weighted by Gasteiger charge is 2.22. The fourth-order valence-corrected chi connectivity index (χ4v) is 5.31. The first kappa shape index (κ1) is 21.6. The summed E-state index contributed by atoms with van der Waals surface area (Å²) in [4.78, 5) is 14.4. The molecule has 1 aromatic heterocycles. The van der Waals surface area contributed by atoms with Gasteiger partial charge in [-0.2, -0.15) is 0 Å². The van der Waals surface area contributed by atoms with Crippen LogP contribution in [0.25, 0.3) is 10.9 Å². The number of fused-ring (bicyclic) bond motifs is 1. The van der Waals surface area contributed by atoms with Crippen LogP contribution >= 0.6 is 0 Å². The summed E-state index contributed by atoms with van der Waals surface area (Å²) in [5.74, 6) is 1.28. The molecule has 1 fully saturated rings. The van der Waals surface area contributed by atoms with E-state index in [4.69, 9.17) is 4.74 Å². The highest BCUT2D eigenvalue weighted by Crippen LogP contribution is 2.29. The number of methoxy groups -OCH3 is 1. The molecular formula is C27H34N2O2. The standard InChI is InChI=1S/C27H34N2O2/c1-19-15-20(2)18-28(17-19)13-14-29-21(3)25(24-7-5-6-8-26(24)29)16-22-9-11-23(12-10-22)27(30)31-4/h5-12,19-20H,13-18H2,1-4H3/t19-,20+. The summed E-state index contributed by atoms with van der Waals surface area (Å²) in [5.41, 5.74) is 5.84. The molecule has 1 aliphatic rings. The summed E-state index contributed by atoms with van der Waals surface area (Å²) < 4.78 is 7.32. The van der Waals surface area contributed by atoms with Gasteiger partial charge in [-0.3, -0.25) is 0 Å². The molecular weight excluding hydrogens is 384 g/mol. The predicted octanol–water partition coefficient (Wildman–Crippen LogP) is 5.31. The number of aromatic nitrogens is 1. The molecule has 4 heteroatoms. The van der Waals surface area contributed by atoms with Crippen LogP contribution in [0.1, 0.15) is 47.4 Å². The summed E-state index contributed by atoms with van der Waals surface area (Å²) in [6, 6.07) is 16.5. The van der Waals surface area contributed by atoms with Gasteiger partial charge >= 0.3 is 5.97 Å².